The van der Waals surface area contributed by atoms with E-state index < -0.39 is 5.82 Å². The summed E-state index contributed by atoms with van der Waals surface area (Å²) in [5.74, 6) is -0.524. The van der Waals surface area contributed by atoms with Gasteiger partial charge in [-0.3, -0.25) is 4.79 Å². The van der Waals surface area contributed by atoms with Crippen molar-refractivity contribution in [2.24, 2.45) is 0 Å². The Morgan fingerprint density at radius 1 is 1.15 bits per heavy atom. The van der Waals surface area contributed by atoms with E-state index >= 15 is 0 Å². The summed E-state index contributed by atoms with van der Waals surface area (Å²) >= 11 is 3.09. The summed E-state index contributed by atoms with van der Waals surface area (Å²) in [6.45, 7) is 0. The lowest BCUT2D eigenvalue weighted by Crippen LogP contribution is -2.27. The van der Waals surface area contributed by atoms with Gasteiger partial charge in [0, 0.05) is 12.0 Å². The van der Waals surface area contributed by atoms with Crippen molar-refractivity contribution in [3.8, 4) is 0 Å². The molecule has 1 aliphatic rings. The van der Waals surface area contributed by atoms with Crippen LogP contribution in [-0.2, 0) is 0 Å². The van der Waals surface area contributed by atoms with Gasteiger partial charge in [0.05, 0.1) is 10.0 Å². The number of amides is 1. The Bertz CT molecular complexity index is 644. The monoisotopic (exact) mass is 333 g/mol. The van der Waals surface area contributed by atoms with Crippen molar-refractivity contribution in [2.75, 3.05) is 0 Å². The molecule has 0 aliphatic heterocycles. The molecule has 0 radical (unpaired) electrons. The molecule has 1 N–H and O–H groups in total. The van der Waals surface area contributed by atoms with Crippen molar-refractivity contribution in [3.63, 3.8) is 0 Å². The van der Waals surface area contributed by atoms with Gasteiger partial charge in [-0.25, -0.2) is 4.39 Å². The van der Waals surface area contributed by atoms with Gasteiger partial charge < -0.3 is 5.32 Å². The van der Waals surface area contributed by atoms with Crippen molar-refractivity contribution in [1.82, 2.24) is 5.32 Å². The molecule has 2 aromatic rings. The van der Waals surface area contributed by atoms with E-state index in [1.165, 1.54) is 11.6 Å². The maximum Gasteiger partial charge on any atom is 0.254 e. The Labute approximate surface area is 125 Å². The van der Waals surface area contributed by atoms with Crippen molar-refractivity contribution in [2.45, 2.75) is 18.4 Å². The van der Waals surface area contributed by atoms with Crippen LogP contribution >= 0.6 is 15.9 Å². The van der Waals surface area contributed by atoms with Crippen LogP contribution in [0.4, 0.5) is 4.39 Å². The van der Waals surface area contributed by atoms with Crippen LogP contribution < -0.4 is 5.32 Å². The normalized spacial score (nSPS) is 20.5. The molecule has 0 aromatic heterocycles. The van der Waals surface area contributed by atoms with Gasteiger partial charge in [0.2, 0.25) is 0 Å². The Morgan fingerprint density at radius 2 is 1.90 bits per heavy atom. The Morgan fingerprint density at radius 3 is 2.65 bits per heavy atom. The minimum atomic E-state index is -0.512. The number of carbonyl (C=O) groups is 1. The van der Waals surface area contributed by atoms with Gasteiger partial charge in [-0.15, -0.1) is 0 Å². The summed E-state index contributed by atoms with van der Waals surface area (Å²) in [6.07, 6.45) is 0.908. The molecule has 2 nitrogen and oxygen atoms in total. The number of hydrogen-bond donors (Lipinski definition) is 1. The highest BCUT2D eigenvalue weighted by Crippen LogP contribution is 2.40. The van der Waals surface area contributed by atoms with Gasteiger partial charge in [0.25, 0.3) is 5.91 Å². The second kappa shape index (κ2) is 5.37. The highest BCUT2D eigenvalue weighted by atomic mass is 79.9. The summed E-state index contributed by atoms with van der Waals surface area (Å²) in [6, 6.07) is 14.9. The molecule has 1 saturated carbocycles. The first-order valence-electron chi connectivity index (χ1n) is 6.46. The molecular weight excluding hydrogens is 321 g/mol. The quantitative estimate of drug-likeness (QED) is 0.907. The zero-order valence-corrected chi connectivity index (χ0v) is 12.2. The van der Waals surface area contributed by atoms with E-state index in [2.05, 4.69) is 33.4 Å². The predicted molar refractivity (Wildman–Crippen MR) is 79.2 cm³/mol. The van der Waals surface area contributed by atoms with Gasteiger partial charge >= 0.3 is 0 Å². The van der Waals surface area contributed by atoms with E-state index in [1.54, 1.807) is 12.1 Å². The first kappa shape index (κ1) is 13.3. The average molecular weight is 334 g/mol. The predicted octanol–water partition coefficient (Wildman–Crippen LogP) is 3.87. The molecule has 4 heteroatoms. The Balaban J connectivity index is 1.68. The molecule has 1 aliphatic carbocycles. The third kappa shape index (κ3) is 2.61. The molecule has 2 atom stereocenters. The maximum atomic E-state index is 13.8. The molecular formula is C16H13BrFNO. The summed E-state index contributed by atoms with van der Waals surface area (Å²) in [5, 5.41) is 2.89. The highest BCUT2D eigenvalue weighted by Gasteiger charge is 2.39. The molecule has 0 heterocycles. The number of nitrogens with one attached hydrogen (secondary N) is 1. The number of carbonyl (C=O) groups excluding carboxylic acids is 1. The topological polar surface area (TPSA) is 29.1 Å². The largest absolute Gasteiger partial charge is 0.349 e. The van der Waals surface area contributed by atoms with Crippen molar-refractivity contribution >= 4 is 21.8 Å². The van der Waals surface area contributed by atoms with Crippen LogP contribution in [0, 0.1) is 5.82 Å². The van der Waals surface area contributed by atoms with Gasteiger partial charge in [0.1, 0.15) is 5.82 Å². The molecule has 1 amide bonds. The van der Waals surface area contributed by atoms with Crippen molar-refractivity contribution in [1.29, 1.82) is 0 Å². The first-order valence-corrected chi connectivity index (χ1v) is 7.26. The number of benzene rings is 2. The standard InChI is InChI=1S/C16H13BrFNO/c17-13-8-4-7-11(15(13)18)16(20)19-14-9-12(14)10-5-2-1-3-6-10/h1-8,12,14H,9H2,(H,19,20). The van der Waals surface area contributed by atoms with Crippen LogP contribution in [0.3, 0.4) is 0 Å². The highest BCUT2D eigenvalue weighted by molar-refractivity contribution is 9.10. The van der Waals surface area contributed by atoms with Crippen LogP contribution in [0.5, 0.6) is 0 Å². The number of hydrogen-bond acceptors (Lipinski definition) is 1. The minimum absolute atomic E-state index is 0.0816. The smallest absolute Gasteiger partial charge is 0.254 e. The fourth-order valence-electron chi connectivity index (χ4n) is 2.35. The summed E-state index contributed by atoms with van der Waals surface area (Å²) in [4.78, 5) is 12.1. The van der Waals surface area contributed by atoms with Crippen molar-refractivity contribution < 1.29 is 9.18 Å². The van der Waals surface area contributed by atoms with Crippen LogP contribution in [0.1, 0.15) is 28.3 Å². The number of rotatable bonds is 3. The zero-order chi connectivity index (χ0) is 14.1. The fourth-order valence-corrected chi connectivity index (χ4v) is 2.71. The summed E-state index contributed by atoms with van der Waals surface area (Å²) in [5.41, 5.74) is 1.30. The number of halogens is 2. The molecule has 3 rings (SSSR count). The van der Waals surface area contributed by atoms with Crippen LogP contribution in [0.15, 0.2) is 53.0 Å². The van der Waals surface area contributed by atoms with E-state index in [0.29, 0.717) is 10.4 Å². The molecule has 20 heavy (non-hydrogen) atoms. The third-order valence-electron chi connectivity index (χ3n) is 3.53. The van der Waals surface area contributed by atoms with Gasteiger partial charge in [0.15, 0.2) is 0 Å². The first-order chi connectivity index (χ1) is 9.66. The van der Waals surface area contributed by atoms with Crippen LogP contribution in [0.2, 0.25) is 0 Å². The summed E-state index contributed by atoms with van der Waals surface area (Å²) in [7, 11) is 0. The Kier molecular flexibility index (Phi) is 3.57. The maximum absolute atomic E-state index is 13.8. The molecule has 0 saturated heterocycles. The molecule has 102 valence electrons. The van der Waals surface area contributed by atoms with E-state index in [0.717, 1.165) is 6.42 Å². The molecule has 0 bridgehead atoms. The lowest BCUT2D eigenvalue weighted by Gasteiger charge is -2.07. The summed E-state index contributed by atoms with van der Waals surface area (Å²) < 4.78 is 14.1. The van der Waals surface area contributed by atoms with Gasteiger partial charge in [-0.2, -0.15) is 0 Å². The second-order valence-electron chi connectivity index (χ2n) is 4.93. The van der Waals surface area contributed by atoms with E-state index in [-0.39, 0.29) is 17.5 Å². The van der Waals surface area contributed by atoms with Crippen LogP contribution in [-0.4, -0.2) is 11.9 Å². The van der Waals surface area contributed by atoms with Crippen LogP contribution in [0.25, 0.3) is 0 Å². The lowest BCUT2D eigenvalue weighted by atomic mass is 10.1. The molecule has 2 aromatic carbocycles. The van der Waals surface area contributed by atoms with E-state index in [1.807, 2.05) is 18.2 Å². The van der Waals surface area contributed by atoms with Gasteiger partial charge in [-0.1, -0.05) is 36.4 Å². The fraction of sp³-hybridized carbons (Fsp3) is 0.188. The van der Waals surface area contributed by atoms with Crippen molar-refractivity contribution in [3.05, 3.63) is 69.9 Å². The van der Waals surface area contributed by atoms with Gasteiger partial charge in [-0.05, 0) is 40.0 Å². The molecule has 2 unspecified atom stereocenters. The SMILES string of the molecule is O=C(NC1CC1c1ccccc1)c1cccc(Br)c1F. The Hall–Kier alpha value is -1.68. The third-order valence-corrected chi connectivity index (χ3v) is 4.14. The zero-order valence-electron chi connectivity index (χ0n) is 10.6. The van der Waals surface area contributed by atoms with E-state index in [4.69, 9.17) is 0 Å². The van der Waals surface area contributed by atoms with E-state index in [9.17, 15) is 9.18 Å². The molecule has 0 spiro atoms. The lowest BCUT2D eigenvalue weighted by molar-refractivity contribution is 0.0946. The average Bonchev–Trinajstić information content (AvgIpc) is 3.22. The second-order valence-corrected chi connectivity index (χ2v) is 5.79. The minimum Gasteiger partial charge on any atom is -0.349 e. The molecule has 1 fully saturated rings.